The third-order valence-corrected chi connectivity index (χ3v) is 7.53. The van der Waals surface area contributed by atoms with Crippen molar-refractivity contribution in [1.82, 2.24) is 8.80 Å². The third-order valence-electron chi connectivity index (χ3n) is 6.77. The number of fused-ring (bicyclic) bond motifs is 3. The van der Waals surface area contributed by atoms with Crippen LogP contribution >= 0.6 is 23.2 Å². The smallest absolute Gasteiger partial charge is 0.265 e. The molecule has 0 saturated carbocycles. The molecule has 0 spiro atoms. The maximum atomic E-state index is 13.8. The number of halogens is 2. The molecular weight excluding hydrogens is 543 g/mol. The Hall–Kier alpha value is -5.14. The Balaban J connectivity index is 1.51. The Kier molecular flexibility index (Phi) is 6.21. The number of aromatic nitrogens is 2. The minimum atomic E-state index is -0.445. The molecule has 0 aliphatic rings. The van der Waals surface area contributed by atoms with Crippen molar-refractivity contribution in [1.29, 1.82) is 10.5 Å². The van der Waals surface area contributed by atoms with Crippen LogP contribution in [0.1, 0.15) is 33.6 Å². The number of hydrogen-bond acceptors (Lipinski definition) is 4. The molecule has 8 heteroatoms. The van der Waals surface area contributed by atoms with Crippen LogP contribution in [0.5, 0.6) is 0 Å². The summed E-state index contributed by atoms with van der Waals surface area (Å²) >= 11 is 13.6. The molecule has 190 valence electrons. The minimum Gasteiger partial charge on any atom is -0.275 e. The molecule has 0 aliphatic heterocycles. The molecule has 0 fully saturated rings. The van der Waals surface area contributed by atoms with Gasteiger partial charge in [0.15, 0.2) is 0 Å². The number of benzene rings is 2. The molecule has 4 aromatic heterocycles. The van der Waals surface area contributed by atoms with Gasteiger partial charge in [-0.1, -0.05) is 59.6 Å². The highest BCUT2D eigenvalue weighted by molar-refractivity contribution is 6.43. The summed E-state index contributed by atoms with van der Waals surface area (Å²) in [6, 6.07) is 25.1. The quantitative estimate of drug-likeness (QED) is 0.235. The molecule has 0 N–H and O–H groups in total. The van der Waals surface area contributed by atoms with Gasteiger partial charge in [0, 0.05) is 11.4 Å². The number of pyridine rings is 2. The summed E-state index contributed by atoms with van der Waals surface area (Å²) in [6.45, 7) is 0. The van der Waals surface area contributed by atoms with E-state index in [1.54, 1.807) is 60.7 Å². The van der Waals surface area contributed by atoms with Crippen LogP contribution < -0.4 is 11.1 Å². The molecule has 0 unspecified atom stereocenters. The Morgan fingerprint density at radius 3 is 1.27 bits per heavy atom. The second kappa shape index (κ2) is 9.87. The fourth-order valence-electron chi connectivity index (χ4n) is 4.76. The number of nitrogens with zero attached hydrogens (tertiary/aromatic N) is 4. The molecule has 0 bridgehead atoms. The maximum absolute atomic E-state index is 13.8. The summed E-state index contributed by atoms with van der Waals surface area (Å²) in [7, 11) is 0. The zero-order valence-electron chi connectivity index (χ0n) is 20.6. The van der Waals surface area contributed by atoms with E-state index >= 15 is 0 Å². The molecule has 0 atom stereocenters. The van der Waals surface area contributed by atoms with E-state index in [0.717, 1.165) is 11.1 Å². The lowest BCUT2D eigenvalue weighted by molar-refractivity contribution is 1.10. The molecule has 6 rings (SSSR count). The van der Waals surface area contributed by atoms with Gasteiger partial charge in [-0.05, 0) is 71.8 Å². The van der Waals surface area contributed by atoms with Crippen LogP contribution in [0.25, 0.3) is 46.1 Å². The first kappa shape index (κ1) is 25.2. The zero-order chi connectivity index (χ0) is 28.0. The third kappa shape index (κ3) is 4.04. The average molecular weight is 559 g/mol. The largest absolute Gasteiger partial charge is 0.275 e. The van der Waals surface area contributed by atoms with E-state index in [4.69, 9.17) is 33.7 Å². The molecular formula is C32H16Cl2N4O2. The van der Waals surface area contributed by atoms with E-state index in [9.17, 15) is 9.59 Å². The lowest BCUT2D eigenvalue weighted by atomic mass is 10.1. The summed E-state index contributed by atoms with van der Waals surface area (Å²) < 4.78 is 2.89. The molecule has 4 heterocycles. The highest BCUT2D eigenvalue weighted by Crippen LogP contribution is 2.32. The summed E-state index contributed by atoms with van der Waals surface area (Å²) in [5.41, 5.74) is 3.85. The van der Waals surface area contributed by atoms with Crippen molar-refractivity contribution in [2.75, 3.05) is 0 Å². The van der Waals surface area contributed by atoms with Crippen LogP contribution in [0.3, 0.4) is 0 Å². The number of nitriles is 2. The Morgan fingerprint density at radius 1 is 0.550 bits per heavy atom. The van der Waals surface area contributed by atoms with Gasteiger partial charge in [0.25, 0.3) is 11.1 Å². The van der Waals surface area contributed by atoms with Crippen LogP contribution in [-0.4, -0.2) is 8.80 Å². The molecule has 0 amide bonds. The highest BCUT2D eigenvalue weighted by atomic mass is 35.5. The summed E-state index contributed by atoms with van der Waals surface area (Å²) in [4.78, 5) is 27.5. The summed E-state index contributed by atoms with van der Waals surface area (Å²) in [5.74, 6) is 0. The Morgan fingerprint density at radius 2 is 0.925 bits per heavy atom. The second-order valence-electron chi connectivity index (χ2n) is 9.08. The van der Waals surface area contributed by atoms with Crippen molar-refractivity contribution in [2.45, 2.75) is 0 Å². The van der Waals surface area contributed by atoms with Crippen LogP contribution in [0.2, 0.25) is 10.0 Å². The van der Waals surface area contributed by atoms with Crippen molar-refractivity contribution in [2.24, 2.45) is 0 Å². The van der Waals surface area contributed by atoms with E-state index < -0.39 is 11.1 Å². The summed E-state index contributed by atoms with van der Waals surface area (Å²) in [6.07, 6.45) is 7.19. The molecule has 6 aromatic rings. The molecule has 0 aliphatic carbocycles. The van der Waals surface area contributed by atoms with Gasteiger partial charge in [0.2, 0.25) is 0 Å². The first-order valence-electron chi connectivity index (χ1n) is 12.1. The number of rotatable bonds is 4. The Bertz CT molecular complexity index is 2070. The lowest BCUT2D eigenvalue weighted by Gasteiger charge is -2.09. The van der Waals surface area contributed by atoms with Gasteiger partial charge < -0.3 is 0 Å². The van der Waals surface area contributed by atoms with E-state index in [0.29, 0.717) is 33.5 Å². The maximum Gasteiger partial charge on any atom is 0.265 e. The van der Waals surface area contributed by atoms with Gasteiger partial charge in [-0.15, -0.1) is 0 Å². The van der Waals surface area contributed by atoms with E-state index in [-0.39, 0.29) is 20.8 Å². The number of hydrogen-bond donors (Lipinski definition) is 0. The topological polar surface area (TPSA) is 90.5 Å². The van der Waals surface area contributed by atoms with Gasteiger partial charge in [0.05, 0.1) is 55.1 Å². The Labute approximate surface area is 237 Å². The predicted molar refractivity (Wildman–Crippen MR) is 160 cm³/mol. The average Bonchev–Trinajstić information content (AvgIpc) is 3.61. The first-order valence-corrected chi connectivity index (χ1v) is 12.9. The van der Waals surface area contributed by atoms with E-state index in [1.165, 1.54) is 8.80 Å². The molecule has 0 radical (unpaired) electrons. The van der Waals surface area contributed by atoms with Gasteiger partial charge in [-0.2, -0.15) is 10.5 Å². The fourth-order valence-corrected chi connectivity index (χ4v) is 5.41. The monoisotopic (exact) mass is 558 g/mol. The predicted octanol–water partition coefficient (Wildman–Crippen LogP) is 6.89. The first-order chi connectivity index (χ1) is 19.4. The molecule has 40 heavy (non-hydrogen) atoms. The normalized spacial score (nSPS) is 11.7. The van der Waals surface area contributed by atoms with Crippen molar-refractivity contribution in [3.05, 3.63) is 137 Å². The van der Waals surface area contributed by atoms with Crippen LogP contribution in [0.4, 0.5) is 0 Å². The molecule has 2 aromatic carbocycles. The standard InChI is InChI=1S/C32H16Cl2N4O2/c33-29-25-15-13-23(11-9-19-1-5-21(17-35)6-2-19)37(25)31(39)27-28(29)32(40)38-24(14-16-26(38)30(27)34)12-10-20-3-7-22(18-36)8-4-20/h1-16H/b11-9+,12-10+. The van der Waals surface area contributed by atoms with Crippen molar-refractivity contribution < 1.29 is 0 Å². The van der Waals surface area contributed by atoms with Crippen molar-refractivity contribution in [3.8, 4) is 12.1 Å². The SMILES string of the molecule is N#Cc1ccc(/C=C/c2ccc3c(Cl)c4c(=O)n5c(/C=C/c6ccc(C#N)cc6)ccc5c(Cl)c4c(=O)n23)cc1. The van der Waals surface area contributed by atoms with Crippen LogP contribution in [-0.2, 0) is 0 Å². The molecule has 6 nitrogen and oxygen atoms in total. The van der Waals surface area contributed by atoms with Gasteiger partial charge in [0.1, 0.15) is 0 Å². The van der Waals surface area contributed by atoms with Crippen molar-refractivity contribution >= 4 is 69.3 Å². The van der Waals surface area contributed by atoms with Gasteiger partial charge >= 0.3 is 0 Å². The zero-order valence-corrected chi connectivity index (χ0v) is 22.1. The summed E-state index contributed by atoms with van der Waals surface area (Å²) in [5, 5.41) is 18.4. The highest BCUT2D eigenvalue weighted by Gasteiger charge is 2.22. The second-order valence-corrected chi connectivity index (χ2v) is 9.84. The van der Waals surface area contributed by atoms with Crippen LogP contribution in [0, 0.1) is 22.7 Å². The molecule has 0 saturated heterocycles. The minimum absolute atomic E-state index is 0.0570. The van der Waals surface area contributed by atoms with Gasteiger partial charge in [-0.3, -0.25) is 18.4 Å². The van der Waals surface area contributed by atoms with Gasteiger partial charge in [-0.25, -0.2) is 0 Å². The lowest BCUT2D eigenvalue weighted by Crippen LogP contribution is -2.22. The van der Waals surface area contributed by atoms with E-state index in [2.05, 4.69) is 12.1 Å². The van der Waals surface area contributed by atoms with Crippen LogP contribution in [0.15, 0.2) is 82.4 Å². The van der Waals surface area contributed by atoms with E-state index in [1.807, 2.05) is 36.4 Å². The van der Waals surface area contributed by atoms with Crippen molar-refractivity contribution in [3.63, 3.8) is 0 Å². The fraction of sp³-hybridized carbons (Fsp3) is 0.